The largest absolute Gasteiger partial charge is 0.492 e. The number of rotatable bonds is 8. The normalized spacial score (nSPS) is 19.5. The fourth-order valence-electron chi connectivity index (χ4n) is 4.37. The molecule has 2 aromatic heterocycles. The van der Waals surface area contributed by atoms with E-state index < -0.39 is 0 Å². The molecule has 0 saturated carbocycles. The summed E-state index contributed by atoms with van der Waals surface area (Å²) in [5.41, 5.74) is 2.84. The minimum Gasteiger partial charge on any atom is -0.492 e. The first kappa shape index (κ1) is 21.9. The van der Waals surface area contributed by atoms with Crippen molar-refractivity contribution in [1.29, 1.82) is 0 Å². The Hall–Kier alpha value is -2.88. The Morgan fingerprint density at radius 3 is 2.82 bits per heavy atom. The third-order valence-electron chi connectivity index (χ3n) is 6.31. The molecule has 33 heavy (non-hydrogen) atoms. The predicted molar refractivity (Wildman–Crippen MR) is 130 cm³/mol. The van der Waals surface area contributed by atoms with Crippen LogP contribution in [0.3, 0.4) is 0 Å². The Morgan fingerprint density at radius 2 is 2.03 bits per heavy atom. The van der Waals surface area contributed by atoms with E-state index in [0.717, 1.165) is 86.6 Å². The molecule has 3 N–H and O–H groups in total. The third-order valence-corrected chi connectivity index (χ3v) is 6.31. The minimum absolute atomic E-state index is 0.386. The Bertz CT molecular complexity index is 1040. The quantitative estimate of drug-likeness (QED) is 0.482. The van der Waals surface area contributed by atoms with Crippen LogP contribution in [0.15, 0.2) is 36.5 Å². The Labute approximate surface area is 194 Å². The highest BCUT2D eigenvalue weighted by Crippen LogP contribution is 2.28. The molecule has 2 saturated heterocycles. The van der Waals surface area contributed by atoms with Crippen molar-refractivity contribution in [3.63, 3.8) is 0 Å². The van der Waals surface area contributed by atoms with Crippen LogP contribution in [0.25, 0.3) is 5.65 Å². The molecule has 0 amide bonds. The van der Waals surface area contributed by atoms with Crippen LogP contribution in [0.2, 0.25) is 0 Å². The molecule has 0 unspecified atom stereocenters. The Kier molecular flexibility index (Phi) is 6.89. The molecule has 2 fully saturated rings. The van der Waals surface area contributed by atoms with Crippen LogP contribution in [0, 0.1) is 6.92 Å². The highest BCUT2D eigenvalue weighted by atomic mass is 16.5. The lowest BCUT2D eigenvalue weighted by Crippen LogP contribution is -2.38. The van der Waals surface area contributed by atoms with Crippen LogP contribution in [0.5, 0.6) is 5.75 Å². The molecule has 2 aliphatic rings. The number of anilines is 3. The molecular weight excluding hydrogens is 418 g/mol. The average Bonchev–Trinajstić information content (AvgIpc) is 3.32. The summed E-state index contributed by atoms with van der Waals surface area (Å²) in [7, 11) is 0. The number of ether oxygens (including phenoxy) is 2. The minimum atomic E-state index is 0.386. The number of benzene rings is 1. The maximum atomic E-state index is 5.95. The predicted octanol–water partition coefficient (Wildman–Crippen LogP) is 2.66. The van der Waals surface area contributed by atoms with Crippen molar-refractivity contribution in [3.8, 4) is 5.75 Å². The number of hydrogen-bond donors (Lipinski definition) is 3. The molecule has 1 atom stereocenters. The van der Waals surface area contributed by atoms with Gasteiger partial charge in [0.2, 0.25) is 0 Å². The van der Waals surface area contributed by atoms with Crippen molar-refractivity contribution in [2.75, 3.05) is 63.2 Å². The smallest absolute Gasteiger partial charge is 0.159 e. The third kappa shape index (κ3) is 5.38. The van der Waals surface area contributed by atoms with E-state index in [-0.39, 0.29) is 0 Å². The Balaban J connectivity index is 1.26. The number of nitrogens with zero attached hydrogens (tertiary/aromatic N) is 4. The van der Waals surface area contributed by atoms with E-state index in [9.17, 15) is 0 Å². The summed E-state index contributed by atoms with van der Waals surface area (Å²) in [5, 5.41) is 15.1. The van der Waals surface area contributed by atoms with Gasteiger partial charge in [0.25, 0.3) is 0 Å². The molecule has 176 valence electrons. The molecule has 0 spiro atoms. The van der Waals surface area contributed by atoms with Gasteiger partial charge in [-0.25, -0.2) is 4.98 Å². The van der Waals surface area contributed by atoms with E-state index in [4.69, 9.17) is 14.5 Å². The van der Waals surface area contributed by atoms with Crippen molar-refractivity contribution in [3.05, 3.63) is 42.1 Å². The highest BCUT2D eigenvalue weighted by Gasteiger charge is 2.18. The number of morpholine rings is 1. The summed E-state index contributed by atoms with van der Waals surface area (Å²) >= 11 is 0. The van der Waals surface area contributed by atoms with Crippen molar-refractivity contribution in [1.82, 2.24) is 24.8 Å². The van der Waals surface area contributed by atoms with E-state index in [2.05, 4.69) is 32.9 Å². The SMILES string of the molecule is Cc1c(N[C@H]2CCCNC2)nc2ccnn2c1Nc1ccc(OCCN2CCOCC2)cc1. The van der Waals surface area contributed by atoms with Gasteiger partial charge in [0, 0.05) is 49.5 Å². The van der Waals surface area contributed by atoms with Crippen molar-refractivity contribution in [2.24, 2.45) is 0 Å². The molecule has 9 heteroatoms. The van der Waals surface area contributed by atoms with Gasteiger partial charge in [-0.15, -0.1) is 0 Å². The summed E-state index contributed by atoms with van der Waals surface area (Å²) in [4.78, 5) is 7.18. The van der Waals surface area contributed by atoms with Crippen LogP contribution >= 0.6 is 0 Å². The van der Waals surface area contributed by atoms with Gasteiger partial charge in [-0.1, -0.05) is 0 Å². The zero-order valence-corrected chi connectivity index (χ0v) is 19.2. The fourth-order valence-corrected chi connectivity index (χ4v) is 4.37. The first-order valence-electron chi connectivity index (χ1n) is 11.9. The van der Waals surface area contributed by atoms with Gasteiger partial charge in [0.05, 0.1) is 19.4 Å². The molecule has 5 rings (SSSR count). The van der Waals surface area contributed by atoms with Crippen molar-refractivity contribution < 1.29 is 9.47 Å². The molecule has 3 aromatic rings. The molecule has 4 heterocycles. The van der Waals surface area contributed by atoms with E-state index in [1.54, 1.807) is 6.20 Å². The van der Waals surface area contributed by atoms with E-state index >= 15 is 0 Å². The second-order valence-electron chi connectivity index (χ2n) is 8.67. The summed E-state index contributed by atoms with van der Waals surface area (Å²) in [5.74, 6) is 2.69. The van der Waals surface area contributed by atoms with E-state index in [1.165, 1.54) is 6.42 Å². The molecule has 2 aliphatic heterocycles. The van der Waals surface area contributed by atoms with Crippen LogP contribution < -0.4 is 20.7 Å². The van der Waals surface area contributed by atoms with Gasteiger partial charge in [-0.3, -0.25) is 4.90 Å². The number of nitrogens with one attached hydrogen (secondary N) is 3. The highest BCUT2D eigenvalue weighted by molar-refractivity contribution is 5.69. The molecule has 0 bridgehead atoms. The first-order valence-corrected chi connectivity index (χ1v) is 11.9. The standard InChI is InChI=1S/C24H33N7O2/c1-18-23(27-20-3-2-9-25-17-20)29-22-8-10-26-31(22)24(18)28-19-4-6-21(7-5-19)33-16-13-30-11-14-32-15-12-30/h4-8,10,20,25,28H,2-3,9,11-17H2,1H3,(H,27,29)/t20-/m0/s1. The van der Waals surface area contributed by atoms with E-state index in [1.807, 2.05) is 34.8 Å². The van der Waals surface area contributed by atoms with Gasteiger partial charge in [0.15, 0.2) is 5.65 Å². The first-order chi connectivity index (χ1) is 16.3. The van der Waals surface area contributed by atoms with Crippen LogP contribution in [0.1, 0.15) is 18.4 Å². The number of aromatic nitrogens is 3. The molecule has 9 nitrogen and oxygen atoms in total. The fraction of sp³-hybridized carbons (Fsp3) is 0.500. The van der Waals surface area contributed by atoms with Gasteiger partial charge < -0.3 is 25.4 Å². The second-order valence-corrected chi connectivity index (χ2v) is 8.67. The zero-order valence-electron chi connectivity index (χ0n) is 19.2. The van der Waals surface area contributed by atoms with Gasteiger partial charge >= 0.3 is 0 Å². The van der Waals surface area contributed by atoms with Crippen LogP contribution in [0.4, 0.5) is 17.3 Å². The summed E-state index contributed by atoms with van der Waals surface area (Å²) in [6, 6.07) is 10.4. The number of hydrogen-bond acceptors (Lipinski definition) is 8. The second kappa shape index (κ2) is 10.4. The lowest BCUT2D eigenvalue weighted by atomic mass is 10.1. The maximum Gasteiger partial charge on any atom is 0.159 e. The summed E-state index contributed by atoms with van der Waals surface area (Å²) in [6.45, 7) is 9.31. The summed E-state index contributed by atoms with van der Waals surface area (Å²) in [6.07, 6.45) is 4.11. The zero-order chi connectivity index (χ0) is 22.5. The maximum absolute atomic E-state index is 5.95. The average molecular weight is 452 g/mol. The van der Waals surface area contributed by atoms with Crippen molar-refractivity contribution >= 4 is 23.0 Å². The lowest BCUT2D eigenvalue weighted by Gasteiger charge is -2.26. The molecule has 0 aliphatic carbocycles. The van der Waals surface area contributed by atoms with Crippen molar-refractivity contribution in [2.45, 2.75) is 25.8 Å². The molecule has 0 radical (unpaired) electrons. The van der Waals surface area contributed by atoms with Crippen LogP contribution in [-0.4, -0.2) is 78.1 Å². The molecule has 1 aromatic carbocycles. The van der Waals surface area contributed by atoms with E-state index in [0.29, 0.717) is 12.6 Å². The topological polar surface area (TPSA) is 88.0 Å². The Morgan fingerprint density at radius 1 is 1.18 bits per heavy atom. The summed E-state index contributed by atoms with van der Waals surface area (Å²) < 4.78 is 13.2. The van der Waals surface area contributed by atoms with Crippen LogP contribution in [-0.2, 0) is 4.74 Å². The lowest BCUT2D eigenvalue weighted by molar-refractivity contribution is 0.0322. The number of piperidine rings is 1. The van der Waals surface area contributed by atoms with Gasteiger partial charge in [0.1, 0.15) is 24.0 Å². The molecular formula is C24H33N7O2. The van der Waals surface area contributed by atoms with Gasteiger partial charge in [-0.2, -0.15) is 9.61 Å². The van der Waals surface area contributed by atoms with Gasteiger partial charge in [-0.05, 0) is 50.6 Å². The number of fused-ring (bicyclic) bond motifs is 1. The monoisotopic (exact) mass is 451 g/mol.